The summed E-state index contributed by atoms with van der Waals surface area (Å²) in [5.41, 5.74) is 3.09. The van der Waals surface area contributed by atoms with Gasteiger partial charge >= 0.3 is 0 Å². The number of nitrogens with one attached hydrogen (secondary N) is 1. The summed E-state index contributed by atoms with van der Waals surface area (Å²) in [4.78, 5) is 12.6. The monoisotopic (exact) mass is 488 g/mol. The molecule has 174 valence electrons. The van der Waals surface area contributed by atoms with E-state index in [9.17, 15) is 13.2 Å². The Morgan fingerprint density at radius 3 is 2.36 bits per heavy atom. The van der Waals surface area contributed by atoms with Gasteiger partial charge in [-0.05, 0) is 53.6 Å². The molecule has 0 unspecified atom stereocenters. The molecule has 3 rings (SSSR count). The molecule has 0 spiro atoms. The summed E-state index contributed by atoms with van der Waals surface area (Å²) in [6.07, 6.45) is 1.12. The Kier molecular flexibility index (Phi) is 7.97. The molecule has 0 heterocycles. The van der Waals surface area contributed by atoms with Crippen LogP contribution in [0.1, 0.15) is 21.5 Å². The van der Waals surface area contributed by atoms with Crippen molar-refractivity contribution in [1.82, 2.24) is 0 Å². The number of methoxy groups -OCH3 is 2. The first-order valence-corrected chi connectivity index (χ1v) is 12.2. The summed E-state index contributed by atoms with van der Waals surface area (Å²) >= 11 is 6.09. The number of nitrogens with zero attached hydrogens (tertiary/aromatic N) is 1. The molecular weight excluding hydrogens is 464 g/mol. The first-order valence-electron chi connectivity index (χ1n) is 10.0. The van der Waals surface area contributed by atoms with Crippen LogP contribution < -0.4 is 14.4 Å². The van der Waals surface area contributed by atoms with Crippen LogP contribution in [0.15, 0.2) is 66.7 Å². The minimum atomic E-state index is -3.64. The maximum Gasteiger partial charge on any atom is 0.255 e. The van der Waals surface area contributed by atoms with Gasteiger partial charge in [0.05, 0.1) is 32.2 Å². The Balaban J connectivity index is 1.79. The van der Waals surface area contributed by atoms with Crippen molar-refractivity contribution in [3.63, 3.8) is 0 Å². The van der Waals surface area contributed by atoms with E-state index < -0.39 is 10.0 Å². The van der Waals surface area contributed by atoms with Gasteiger partial charge in [0.1, 0.15) is 5.75 Å². The van der Waals surface area contributed by atoms with E-state index >= 15 is 0 Å². The third-order valence-electron chi connectivity index (χ3n) is 4.85. The van der Waals surface area contributed by atoms with Crippen LogP contribution in [0.3, 0.4) is 0 Å². The molecule has 3 aromatic rings. The highest BCUT2D eigenvalue weighted by atomic mass is 35.5. The van der Waals surface area contributed by atoms with E-state index in [1.54, 1.807) is 55.6 Å². The highest BCUT2D eigenvalue weighted by Gasteiger charge is 2.22. The molecule has 0 saturated carbocycles. The minimum absolute atomic E-state index is 0.0521. The number of carbonyl (C=O) groups is 1. The topological polar surface area (TPSA) is 84.9 Å². The lowest BCUT2D eigenvalue weighted by Crippen LogP contribution is -2.29. The normalized spacial score (nSPS) is 11.2. The Labute approximate surface area is 198 Å². The molecule has 0 atom stereocenters. The van der Waals surface area contributed by atoms with Crippen LogP contribution in [-0.2, 0) is 27.9 Å². The number of ether oxygens (including phenoxy) is 2. The number of amides is 1. The number of hydrogen-bond acceptors (Lipinski definition) is 5. The van der Waals surface area contributed by atoms with Crippen molar-refractivity contribution >= 4 is 38.9 Å². The van der Waals surface area contributed by atoms with E-state index in [0.29, 0.717) is 39.9 Å². The van der Waals surface area contributed by atoms with E-state index in [0.717, 1.165) is 11.8 Å². The third-order valence-corrected chi connectivity index (χ3v) is 6.21. The molecule has 0 bridgehead atoms. The zero-order valence-electron chi connectivity index (χ0n) is 18.5. The van der Waals surface area contributed by atoms with E-state index in [1.807, 2.05) is 18.2 Å². The Morgan fingerprint density at radius 2 is 1.73 bits per heavy atom. The van der Waals surface area contributed by atoms with Gasteiger partial charge in [-0.15, -0.1) is 0 Å². The molecule has 1 N–H and O–H groups in total. The number of hydrogen-bond donors (Lipinski definition) is 1. The Hall–Kier alpha value is -3.07. The standard InChI is InChI=1S/C24H25ClN2O5S/c1-31-16-18-5-4-6-21(13-18)26-24(28)19-9-7-17(8-10-19)15-27(33(3,29)30)22-14-20(25)11-12-23(22)32-2/h4-14H,15-16H2,1-3H3,(H,26,28). The van der Waals surface area contributed by atoms with Crippen LogP contribution in [0.4, 0.5) is 11.4 Å². The van der Waals surface area contributed by atoms with Crippen molar-refractivity contribution in [1.29, 1.82) is 0 Å². The second kappa shape index (κ2) is 10.7. The maximum absolute atomic E-state index is 12.6. The van der Waals surface area contributed by atoms with Crippen molar-refractivity contribution in [3.05, 3.63) is 88.4 Å². The average molecular weight is 489 g/mol. The molecule has 0 radical (unpaired) electrons. The quantitative estimate of drug-likeness (QED) is 0.471. The molecule has 7 nitrogen and oxygen atoms in total. The van der Waals surface area contributed by atoms with Gasteiger partial charge in [0.15, 0.2) is 0 Å². The molecule has 0 fully saturated rings. The van der Waals surface area contributed by atoms with Gasteiger partial charge in [-0.25, -0.2) is 8.42 Å². The van der Waals surface area contributed by atoms with Crippen molar-refractivity contribution in [2.24, 2.45) is 0 Å². The molecule has 0 aliphatic heterocycles. The van der Waals surface area contributed by atoms with Crippen LogP contribution in [-0.4, -0.2) is 34.8 Å². The van der Waals surface area contributed by atoms with Gasteiger partial charge in [-0.1, -0.05) is 35.9 Å². The third kappa shape index (κ3) is 6.47. The van der Waals surface area contributed by atoms with Crippen LogP contribution in [0.5, 0.6) is 5.75 Å². The number of rotatable bonds is 9. The molecule has 33 heavy (non-hydrogen) atoms. The summed E-state index contributed by atoms with van der Waals surface area (Å²) in [6.45, 7) is 0.503. The van der Waals surface area contributed by atoms with Crippen LogP contribution >= 0.6 is 11.6 Å². The van der Waals surface area contributed by atoms with Crippen molar-refractivity contribution in [2.45, 2.75) is 13.2 Å². The zero-order chi connectivity index (χ0) is 24.0. The van der Waals surface area contributed by atoms with E-state index in [1.165, 1.54) is 11.4 Å². The maximum atomic E-state index is 12.6. The van der Waals surface area contributed by atoms with Crippen molar-refractivity contribution < 1.29 is 22.7 Å². The van der Waals surface area contributed by atoms with E-state index in [2.05, 4.69) is 5.32 Å². The highest BCUT2D eigenvalue weighted by molar-refractivity contribution is 7.92. The fourth-order valence-corrected chi connectivity index (χ4v) is 4.33. The number of benzene rings is 3. The van der Waals surface area contributed by atoms with Gasteiger partial charge in [-0.2, -0.15) is 0 Å². The fourth-order valence-electron chi connectivity index (χ4n) is 3.28. The Morgan fingerprint density at radius 1 is 1.00 bits per heavy atom. The molecule has 1 amide bonds. The summed E-state index contributed by atoms with van der Waals surface area (Å²) < 4.78 is 36.7. The average Bonchev–Trinajstić information content (AvgIpc) is 2.77. The second-order valence-electron chi connectivity index (χ2n) is 7.37. The molecule has 0 aliphatic rings. The summed E-state index contributed by atoms with van der Waals surface area (Å²) in [7, 11) is -0.561. The SMILES string of the molecule is COCc1cccc(NC(=O)c2ccc(CN(c3cc(Cl)ccc3OC)S(C)(=O)=O)cc2)c1. The first-order chi connectivity index (χ1) is 15.7. The van der Waals surface area contributed by atoms with Gasteiger partial charge in [-0.3, -0.25) is 9.10 Å². The van der Waals surface area contributed by atoms with Crippen LogP contribution in [0, 0.1) is 0 Å². The molecule has 0 aromatic heterocycles. The van der Waals surface area contributed by atoms with Crippen LogP contribution in [0.25, 0.3) is 0 Å². The largest absolute Gasteiger partial charge is 0.495 e. The van der Waals surface area contributed by atoms with E-state index in [4.69, 9.17) is 21.1 Å². The predicted octanol–water partition coefficient (Wildman–Crippen LogP) is 4.71. The lowest BCUT2D eigenvalue weighted by Gasteiger charge is -2.24. The highest BCUT2D eigenvalue weighted by Crippen LogP contribution is 2.33. The summed E-state index contributed by atoms with van der Waals surface area (Å²) in [5.74, 6) is 0.115. The summed E-state index contributed by atoms with van der Waals surface area (Å²) in [6, 6.07) is 18.9. The van der Waals surface area contributed by atoms with Gasteiger partial charge < -0.3 is 14.8 Å². The minimum Gasteiger partial charge on any atom is -0.495 e. The molecule has 0 aliphatic carbocycles. The second-order valence-corrected chi connectivity index (χ2v) is 9.71. The van der Waals surface area contributed by atoms with E-state index in [-0.39, 0.29) is 12.5 Å². The lowest BCUT2D eigenvalue weighted by molar-refractivity contribution is 0.102. The summed E-state index contributed by atoms with van der Waals surface area (Å²) in [5, 5.41) is 3.25. The van der Waals surface area contributed by atoms with Gasteiger partial charge in [0.2, 0.25) is 10.0 Å². The molecule has 0 saturated heterocycles. The van der Waals surface area contributed by atoms with Crippen molar-refractivity contribution in [2.75, 3.05) is 30.1 Å². The molecule has 9 heteroatoms. The number of anilines is 2. The molecule has 3 aromatic carbocycles. The number of carbonyl (C=O) groups excluding carboxylic acids is 1. The lowest BCUT2D eigenvalue weighted by atomic mass is 10.1. The van der Waals surface area contributed by atoms with Crippen LogP contribution in [0.2, 0.25) is 5.02 Å². The van der Waals surface area contributed by atoms with Crippen molar-refractivity contribution in [3.8, 4) is 5.75 Å². The first kappa shape index (κ1) is 24.6. The van der Waals surface area contributed by atoms with Gasteiger partial charge in [0, 0.05) is 23.4 Å². The predicted molar refractivity (Wildman–Crippen MR) is 131 cm³/mol. The van der Waals surface area contributed by atoms with Gasteiger partial charge in [0.25, 0.3) is 5.91 Å². The number of sulfonamides is 1. The smallest absolute Gasteiger partial charge is 0.255 e. The molecular formula is C24H25ClN2O5S. The fraction of sp³-hybridized carbons (Fsp3) is 0.208. The Bertz CT molecular complexity index is 1230. The number of halogens is 1. The zero-order valence-corrected chi connectivity index (χ0v) is 20.1.